The molecule has 1 rings (SSSR count). The smallest absolute Gasteiger partial charge is 0.156 e. The van der Waals surface area contributed by atoms with Crippen molar-refractivity contribution < 1.29 is 4.39 Å². The molecular formula is C12H25BFP. The van der Waals surface area contributed by atoms with Gasteiger partial charge in [0.05, 0.1) is 5.31 Å². The Balaban J connectivity index is 2.84. The molecule has 0 radical (unpaired) electrons. The summed E-state index contributed by atoms with van der Waals surface area (Å²) in [5.74, 6) is 0. The summed E-state index contributed by atoms with van der Waals surface area (Å²) in [5, 5.41) is -1.12. The molecule has 1 aliphatic carbocycles. The first kappa shape index (κ1) is 13.5. The summed E-state index contributed by atoms with van der Waals surface area (Å²) in [6.45, 7) is 11.2. The summed E-state index contributed by atoms with van der Waals surface area (Å²) in [6.07, 6.45) is 2.96. The zero-order chi connectivity index (χ0) is 12.1. The highest BCUT2D eigenvalue weighted by molar-refractivity contribution is 7.22. The van der Waals surface area contributed by atoms with Crippen LogP contribution in [0.5, 0.6) is 0 Å². The van der Waals surface area contributed by atoms with Crippen LogP contribution >= 0.6 is 9.24 Å². The van der Waals surface area contributed by atoms with Gasteiger partial charge in [0.1, 0.15) is 0 Å². The van der Waals surface area contributed by atoms with Gasteiger partial charge in [-0.25, -0.2) is 4.39 Å². The summed E-state index contributed by atoms with van der Waals surface area (Å²) < 4.78 is 14.2. The molecule has 0 N–H and O–H groups in total. The van der Waals surface area contributed by atoms with Crippen LogP contribution in [0.3, 0.4) is 0 Å². The van der Waals surface area contributed by atoms with Crippen LogP contribution in [-0.2, 0) is 0 Å². The molecule has 1 fully saturated rings. The minimum absolute atomic E-state index is 0.111. The van der Waals surface area contributed by atoms with E-state index in [0.29, 0.717) is 5.41 Å². The number of hydrogen-bond acceptors (Lipinski definition) is 0. The van der Waals surface area contributed by atoms with Gasteiger partial charge in [0, 0.05) is 5.41 Å². The van der Waals surface area contributed by atoms with Gasteiger partial charge in [-0.2, -0.15) is 0 Å². The Morgan fingerprint density at radius 2 is 1.73 bits per heavy atom. The first-order valence-corrected chi connectivity index (χ1v) is 6.53. The molecule has 1 aliphatic rings. The molecule has 0 spiro atoms. The standard InChI is InChI=1S/C12H25BFP/c1-6-11(12(13,14)15)7-10(5,8-11)9(2,3)4/h6-8,13,15H2,1-5H3. The van der Waals surface area contributed by atoms with Crippen molar-refractivity contribution >= 4 is 17.1 Å². The van der Waals surface area contributed by atoms with Gasteiger partial charge >= 0.3 is 0 Å². The Labute approximate surface area is 97.4 Å². The fraction of sp³-hybridized carbons (Fsp3) is 1.00. The minimum Gasteiger partial charge on any atom is -0.249 e. The molecule has 0 amide bonds. The molecule has 2 atom stereocenters. The van der Waals surface area contributed by atoms with Crippen LogP contribution in [0.2, 0.25) is 0 Å². The lowest BCUT2D eigenvalue weighted by Crippen LogP contribution is -2.58. The summed E-state index contributed by atoms with van der Waals surface area (Å²) in [4.78, 5) is 0. The van der Waals surface area contributed by atoms with Gasteiger partial charge in [-0.1, -0.05) is 34.6 Å². The lowest BCUT2D eigenvalue weighted by atomic mass is 9.42. The van der Waals surface area contributed by atoms with Crippen LogP contribution in [0.1, 0.15) is 53.9 Å². The molecule has 0 heterocycles. The SMILES string of the molecule is BC(F)(P)C1(CC)CC(C)(C(C)(C)C)C1. The normalized spacial score (nSPS) is 40.7. The Morgan fingerprint density at radius 1 is 1.33 bits per heavy atom. The summed E-state index contributed by atoms with van der Waals surface area (Å²) >= 11 is 0. The highest BCUT2D eigenvalue weighted by atomic mass is 31.0. The van der Waals surface area contributed by atoms with Crippen LogP contribution in [0.15, 0.2) is 0 Å². The van der Waals surface area contributed by atoms with E-state index in [2.05, 4.69) is 43.9 Å². The average molecular weight is 230 g/mol. The largest absolute Gasteiger partial charge is 0.249 e. The molecule has 0 saturated heterocycles. The first-order chi connectivity index (χ1) is 6.47. The molecule has 0 bridgehead atoms. The van der Waals surface area contributed by atoms with Gasteiger partial charge in [0.15, 0.2) is 7.85 Å². The predicted octanol–water partition coefficient (Wildman–Crippen LogP) is 3.36. The van der Waals surface area contributed by atoms with Crippen molar-refractivity contribution in [1.82, 2.24) is 0 Å². The Hall–Kier alpha value is 0.425. The van der Waals surface area contributed by atoms with Gasteiger partial charge in [0.25, 0.3) is 0 Å². The zero-order valence-corrected chi connectivity index (χ0v) is 12.2. The fourth-order valence-corrected chi connectivity index (χ4v) is 3.32. The van der Waals surface area contributed by atoms with Gasteiger partial charge in [0.2, 0.25) is 0 Å². The van der Waals surface area contributed by atoms with Crippen molar-refractivity contribution in [2.75, 3.05) is 0 Å². The topological polar surface area (TPSA) is 0 Å². The maximum atomic E-state index is 14.2. The van der Waals surface area contributed by atoms with Crippen molar-refractivity contribution in [2.45, 2.75) is 59.2 Å². The maximum absolute atomic E-state index is 14.2. The second kappa shape index (κ2) is 3.46. The summed E-state index contributed by atoms with van der Waals surface area (Å²) in [7, 11) is 4.12. The molecule has 0 aromatic carbocycles. The average Bonchev–Trinajstić information content (AvgIpc) is 1.93. The number of rotatable bonds is 2. The van der Waals surface area contributed by atoms with E-state index < -0.39 is 5.31 Å². The third-order valence-electron chi connectivity index (χ3n) is 4.98. The van der Waals surface area contributed by atoms with Crippen molar-refractivity contribution in [2.24, 2.45) is 16.2 Å². The van der Waals surface area contributed by atoms with E-state index in [1.54, 1.807) is 7.85 Å². The molecule has 3 heteroatoms. The molecule has 1 saturated carbocycles. The van der Waals surface area contributed by atoms with E-state index in [9.17, 15) is 4.39 Å². The third kappa shape index (κ3) is 1.99. The van der Waals surface area contributed by atoms with Crippen LogP contribution in [0.4, 0.5) is 4.39 Å². The van der Waals surface area contributed by atoms with Crippen LogP contribution in [0, 0.1) is 16.2 Å². The van der Waals surface area contributed by atoms with Gasteiger partial charge in [-0.05, 0) is 30.1 Å². The lowest BCUT2D eigenvalue weighted by Gasteiger charge is -2.64. The highest BCUT2D eigenvalue weighted by Crippen LogP contribution is 2.68. The molecule has 0 nitrogen and oxygen atoms in total. The van der Waals surface area contributed by atoms with Crippen molar-refractivity contribution in [3.63, 3.8) is 0 Å². The third-order valence-corrected chi connectivity index (χ3v) is 5.59. The van der Waals surface area contributed by atoms with E-state index in [0.717, 1.165) is 19.3 Å². The van der Waals surface area contributed by atoms with Crippen molar-refractivity contribution in [3.05, 3.63) is 0 Å². The quantitative estimate of drug-likeness (QED) is 0.504. The van der Waals surface area contributed by atoms with Crippen molar-refractivity contribution in [3.8, 4) is 0 Å². The van der Waals surface area contributed by atoms with E-state index >= 15 is 0 Å². The molecule has 0 aliphatic heterocycles. The number of alkyl halides is 1. The van der Waals surface area contributed by atoms with Crippen LogP contribution < -0.4 is 0 Å². The first-order valence-electron chi connectivity index (χ1n) is 5.95. The van der Waals surface area contributed by atoms with Crippen molar-refractivity contribution in [1.29, 1.82) is 0 Å². The number of hydrogen-bond donors (Lipinski definition) is 0. The second-order valence-electron chi connectivity index (χ2n) is 6.87. The monoisotopic (exact) mass is 230 g/mol. The zero-order valence-electron chi connectivity index (χ0n) is 11.1. The molecule has 88 valence electrons. The molecule has 0 aromatic heterocycles. The fourth-order valence-electron chi connectivity index (χ4n) is 2.91. The molecular weight excluding hydrogens is 205 g/mol. The summed E-state index contributed by atoms with van der Waals surface area (Å²) in [5.41, 5.74) is 0.466. The van der Waals surface area contributed by atoms with E-state index in [-0.39, 0.29) is 10.8 Å². The lowest BCUT2D eigenvalue weighted by molar-refractivity contribution is -0.131. The predicted molar refractivity (Wildman–Crippen MR) is 71.6 cm³/mol. The Bertz CT molecular complexity index is 243. The molecule has 15 heavy (non-hydrogen) atoms. The minimum atomic E-state index is -1.12. The molecule has 2 unspecified atom stereocenters. The Kier molecular flexibility index (Phi) is 3.11. The van der Waals surface area contributed by atoms with Crippen LogP contribution in [0.25, 0.3) is 0 Å². The Morgan fingerprint density at radius 3 is 1.93 bits per heavy atom. The molecule has 0 aromatic rings. The second-order valence-corrected chi connectivity index (χ2v) is 7.96. The van der Waals surface area contributed by atoms with E-state index in [1.807, 2.05) is 0 Å². The highest BCUT2D eigenvalue weighted by Gasteiger charge is 2.61. The number of halogens is 1. The van der Waals surface area contributed by atoms with Crippen LogP contribution in [-0.4, -0.2) is 13.2 Å². The van der Waals surface area contributed by atoms with E-state index in [1.165, 1.54) is 0 Å². The summed E-state index contributed by atoms with van der Waals surface area (Å²) in [6, 6.07) is 0. The van der Waals surface area contributed by atoms with Gasteiger partial charge < -0.3 is 0 Å². The van der Waals surface area contributed by atoms with Gasteiger partial charge in [-0.15, -0.1) is 9.24 Å². The maximum Gasteiger partial charge on any atom is 0.156 e. The van der Waals surface area contributed by atoms with Gasteiger partial charge in [-0.3, -0.25) is 0 Å². The van der Waals surface area contributed by atoms with E-state index in [4.69, 9.17) is 0 Å².